The number of nitrogens with zero attached hydrogens (tertiary/aromatic N) is 2. The molecular formula is C68H54N4. The second-order valence-electron chi connectivity index (χ2n) is 19.0. The second-order valence-corrected chi connectivity index (χ2v) is 19.0. The molecule has 4 heteroatoms. The molecule has 3 aromatic heterocycles. The number of terminal acetylenes is 2. The molecule has 5 heterocycles. The number of aryl methyl sites for hydroxylation is 4. The van der Waals surface area contributed by atoms with E-state index in [2.05, 4.69) is 186 Å². The van der Waals surface area contributed by atoms with Gasteiger partial charge in [-0.1, -0.05) is 112 Å². The first-order valence-corrected chi connectivity index (χ1v) is 25.2. The average Bonchev–Trinajstić information content (AvgIpc) is 4.09. The lowest BCUT2D eigenvalue weighted by Crippen LogP contribution is -1.93. The van der Waals surface area contributed by atoms with Gasteiger partial charge in [-0.3, -0.25) is 0 Å². The number of benzene rings is 6. The first-order valence-electron chi connectivity index (χ1n) is 25.2. The van der Waals surface area contributed by atoms with Gasteiger partial charge in [-0.05, 0) is 202 Å². The van der Waals surface area contributed by atoms with E-state index < -0.39 is 0 Å². The van der Waals surface area contributed by atoms with Crippen molar-refractivity contribution in [2.24, 2.45) is 0 Å². The molecular weight excluding hydrogens is 873 g/mol. The van der Waals surface area contributed by atoms with Gasteiger partial charge in [0.2, 0.25) is 0 Å². The van der Waals surface area contributed by atoms with E-state index in [1.54, 1.807) is 0 Å². The minimum Gasteiger partial charge on any atom is -0.354 e. The van der Waals surface area contributed by atoms with E-state index >= 15 is 0 Å². The summed E-state index contributed by atoms with van der Waals surface area (Å²) in [5.41, 5.74) is 22.3. The van der Waals surface area contributed by atoms with Crippen molar-refractivity contribution in [3.8, 4) is 48.4 Å². The largest absolute Gasteiger partial charge is 0.354 e. The molecule has 2 aliphatic rings. The molecule has 6 aromatic carbocycles. The van der Waals surface area contributed by atoms with E-state index in [1.165, 1.54) is 33.4 Å². The highest BCUT2D eigenvalue weighted by Crippen LogP contribution is 2.40. The van der Waals surface area contributed by atoms with E-state index in [1.807, 2.05) is 24.3 Å². The summed E-state index contributed by atoms with van der Waals surface area (Å²) >= 11 is 0. The van der Waals surface area contributed by atoms with Crippen molar-refractivity contribution >= 4 is 87.4 Å². The molecule has 0 atom stereocenters. The number of aromatic nitrogens is 4. The summed E-state index contributed by atoms with van der Waals surface area (Å²) in [5.74, 6) is 20.7. The highest BCUT2D eigenvalue weighted by Gasteiger charge is 2.25. The molecule has 0 saturated heterocycles. The molecule has 11 rings (SSSR count). The lowest BCUT2D eigenvalue weighted by Gasteiger charge is -2.07. The third kappa shape index (κ3) is 7.39. The molecule has 0 fully saturated rings. The summed E-state index contributed by atoms with van der Waals surface area (Å²) in [5, 5.41) is 8.67. The molecule has 9 aromatic rings. The van der Waals surface area contributed by atoms with Crippen LogP contribution in [0.5, 0.6) is 0 Å². The Kier molecular flexibility index (Phi) is 11.5. The number of H-pyrrole nitrogens is 2. The topological polar surface area (TPSA) is 57.4 Å². The summed E-state index contributed by atoms with van der Waals surface area (Å²) in [7, 11) is 0. The maximum atomic E-state index is 6.01. The predicted molar refractivity (Wildman–Crippen MR) is 306 cm³/mol. The fraction of sp³-hybridized carbons (Fsp3) is 0.176. The zero-order valence-corrected chi connectivity index (χ0v) is 42.3. The maximum absolute atomic E-state index is 6.01. The molecule has 0 spiro atoms. The van der Waals surface area contributed by atoms with E-state index in [9.17, 15) is 0 Å². The molecule has 2 N–H and O–H groups in total. The fourth-order valence-electron chi connectivity index (χ4n) is 11.4. The van der Waals surface area contributed by atoms with Crippen LogP contribution in [0.2, 0.25) is 0 Å². The van der Waals surface area contributed by atoms with E-state index in [0.717, 1.165) is 158 Å². The van der Waals surface area contributed by atoms with Crippen LogP contribution in [0.15, 0.2) is 109 Å². The number of rotatable bonds is 4. The smallest absolute Gasteiger partial charge is 0.0848 e. The molecule has 0 aliphatic carbocycles. The number of aromatic amines is 2. The predicted octanol–water partition coefficient (Wildman–Crippen LogP) is 16.1. The Morgan fingerprint density at radius 2 is 0.806 bits per heavy atom. The van der Waals surface area contributed by atoms with Crippen LogP contribution in [0.25, 0.3) is 87.4 Å². The van der Waals surface area contributed by atoms with Gasteiger partial charge in [-0.25, -0.2) is 9.97 Å². The maximum Gasteiger partial charge on any atom is 0.0848 e. The van der Waals surface area contributed by atoms with Crippen molar-refractivity contribution in [3.63, 3.8) is 0 Å². The number of hydrogen-bond donors (Lipinski definition) is 2. The van der Waals surface area contributed by atoms with Crippen LogP contribution >= 0.6 is 0 Å². The Morgan fingerprint density at radius 3 is 1.18 bits per heavy atom. The molecule has 0 radical (unpaired) electrons. The summed E-state index contributed by atoms with van der Waals surface area (Å²) < 4.78 is 0. The highest BCUT2D eigenvalue weighted by atomic mass is 14.8. The van der Waals surface area contributed by atoms with Crippen molar-refractivity contribution in [1.82, 2.24) is 19.9 Å². The minimum absolute atomic E-state index is 0.801. The zero-order chi connectivity index (χ0) is 49.9. The summed E-state index contributed by atoms with van der Waals surface area (Å²) in [4.78, 5) is 19.0. The van der Waals surface area contributed by atoms with Gasteiger partial charge in [-0.15, -0.1) is 12.8 Å². The lowest BCUT2D eigenvalue weighted by molar-refractivity contribution is 1.14. The lowest BCUT2D eigenvalue weighted by atomic mass is 9.96. The number of nitrogens with one attached hydrogen (secondary N) is 2. The van der Waals surface area contributed by atoms with Crippen LogP contribution in [-0.4, -0.2) is 19.9 Å². The Bertz CT molecular complexity index is 4210. The van der Waals surface area contributed by atoms with E-state index in [-0.39, 0.29) is 0 Å². The average molecular weight is 927 g/mol. The summed E-state index contributed by atoms with van der Waals surface area (Å²) in [6.45, 7) is 17.7. The van der Waals surface area contributed by atoms with Crippen LogP contribution in [0.1, 0.15) is 133 Å². The first-order chi connectivity index (χ1) is 35.1. The monoisotopic (exact) mass is 926 g/mol. The van der Waals surface area contributed by atoms with Gasteiger partial charge in [0.05, 0.1) is 44.9 Å². The quantitative estimate of drug-likeness (QED) is 0.136. The molecule has 2 aliphatic heterocycles. The Labute approximate surface area is 422 Å². The zero-order valence-electron chi connectivity index (χ0n) is 42.3. The normalized spacial score (nSPS) is 12.3. The van der Waals surface area contributed by atoms with Crippen LogP contribution in [-0.2, 0) is 12.8 Å². The van der Waals surface area contributed by atoms with Gasteiger partial charge in [0, 0.05) is 33.3 Å². The number of allylic oxidation sites excluding steroid dienone is 4. The van der Waals surface area contributed by atoms with Crippen LogP contribution in [0.4, 0.5) is 0 Å². The van der Waals surface area contributed by atoms with Crippen molar-refractivity contribution in [3.05, 3.63) is 188 Å². The van der Waals surface area contributed by atoms with E-state index in [0.29, 0.717) is 0 Å². The van der Waals surface area contributed by atoms with E-state index in [4.69, 9.17) is 22.8 Å². The second kappa shape index (κ2) is 18.2. The highest BCUT2D eigenvalue weighted by molar-refractivity contribution is 6.05. The Hall–Kier alpha value is -8.80. The van der Waals surface area contributed by atoms with Crippen LogP contribution < -0.4 is 0 Å². The van der Waals surface area contributed by atoms with Crippen LogP contribution in [0, 0.1) is 62.2 Å². The van der Waals surface area contributed by atoms with Gasteiger partial charge in [0.25, 0.3) is 0 Å². The Balaban J connectivity index is 1.23. The number of hydrogen-bond acceptors (Lipinski definition) is 2. The fourth-order valence-corrected chi connectivity index (χ4v) is 11.4. The van der Waals surface area contributed by atoms with Gasteiger partial charge in [0.15, 0.2) is 0 Å². The molecule has 72 heavy (non-hydrogen) atoms. The summed E-state index contributed by atoms with van der Waals surface area (Å²) in [6, 6.07) is 38.3. The molecule has 346 valence electrons. The van der Waals surface area contributed by atoms with Crippen molar-refractivity contribution in [2.45, 2.75) is 81.1 Å². The molecule has 8 bridgehead atoms. The summed E-state index contributed by atoms with van der Waals surface area (Å²) in [6.07, 6.45) is 15.3. The van der Waals surface area contributed by atoms with Gasteiger partial charge in [-0.2, -0.15) is 0 Å². The van der Waals surface area contributed by atoms with Crippen molar-refractivity contribution in [2.75, 3.05) is 0 Å². The molecule has 4 nitrogen and oxygen atoms in total. The van der Waals surface area contributed by atoms with Gasteiger partial charge < -0.3 is 9.97 Å². The van der Waals surface area contributed by atoms with Crippen molar-refractivity contribution in [1.29, 1.82) is 0 Å². The van der Waals surface area contributed by atoms with Gasteiger partial charge >= 0.3 is 0 Å². The van der Waals surface area contributed by atoms with Gasteiger partial charge in [0.1, 0.15) is 0 Å². The third-order valence-electron chi connectivity index (χ3n) is 15.2. The standard InChI is InChI=1S/C68H54N4/c1-11-43-21-17-25-47-33-49-27-19-23-45(59(49)35-57(43)47)29-31-55-65-39(7)51(13-3)61(69-65)37-63-53(15-5)41(9)67(71-63)56(68-42(10)54(16-6)64(72-68)38-62-52(14-4)40(8)66(55)70-62)32-30-46-24-20-28-50-34-48-26-18-22-44(12-2)58(48)36-60(46)50/h1-2,17-28,33-38,69-70H,13-16H2,3-10H3. The third-order valence-corrected chi connectivity index (χ3v) is 15.2. The Morgan fingerprint density at radius 1 is 0.431 bits per heavy atom. The molecule has 0 saturated carbocycles. The molecule has 0 unspecified atom stereocenters. The first kappa shape index (κ1) is 45.6. The van der Waals surface area contributed by atoms with Crippen molar-refractivity contribution < 1.29 is 0 Å². The molecule has 0 amide bonds. The number of fused-ring (bicyclic) bond motifs is 12. The SMILES string of the molecule is C#Cc1cccc2cc3cccc(C#Cc4c5nc(cc6[nH]c(c(C)c6CC)c(C#Cc6cccc7cc8cccc(C#C)c8cc67)c6[nH]c(cc7nc4C(C)=C7CC)c(CC)c6C)C(CC)=C5C)c3cc12. The minimum atomic E-state index is 0.801. The van der Waals surface area contributed by atoms with Crippen LogP contribution in [0.3, 0.4) is 0 Å².